The van der Waals surface area contributed by atoms with Crippen molar-refractivity contribution in [2.75, 3.05) is 40.9 Å². The summed E-state index contributed by atoms with van der Waals surface area (Å²) in [6.07, 6.45) is 76.2. The highest BCUT2D eigenvalue weighted by molar-refractivity contribution is 7.47. The number of unbranched alkanes of at least 4 members (excludes halogenated alkanes) is 34. The number of phosphoric acid groups is 1. The molecular formula is C69H128N2O7P+. The van der Waals surface area contributed by atoms with Crippen LogP contribution in [0.15, 0.2) is 72.9 Å². The predicted octanol–water partition coefficient (Wildman–Crippen LogP) is 20.8. The van der Waals surface area contributed by atoms with Gasteiger partial charge in [0.25, 0.3) is 0 Å². The molecule has 460 valence electrons. The van der Waals surface area contributed by atoms with Crippen molar-refractivity contribution in [1.29, 1.82) is 0 Å². The molecule has 0 saturated carbocycles. The Kier molecular flexibility index (Phi) is 56.7. The van der Waals surface area contributed by atoms with Gasteiger partial charge in [-0.1, -0.05) is 261 Å². The van der Waals surface area contributed by atoms with Crippen molar-refractivity contribution in [3.05, 3.63) is 72.9 Å². The number of carbonyl (C=O) groups excluding carboxylic acids is 2. The molecule has 0 aliphatic carbocycles. The van der Waals surface area contributed by atoms with Gasteiger partial charge in [0, 0.05) is 12.8 Å². The molecule has 0 fully saturated rings. The lowest BCUT2D eigenvalue weighted by molar-refractivity contribution is -0.870. The maximum absolute atomic E-state index is 13.6. The number of esters is 1. The third kappa shape index (κ3) is 59.9. The maximum atomic E-state index is 13.6. The number of quaternary nitrogens is 1. The predicted molar refractivity (Wildman–Crippen MR) is 341 cm³/mol. The van der Waals surface area contributed by atoms with Crippen molar-refractivity contribution >= 4 is 19.7 Å². The number of phosphoric ester groups is 1. The smallest absolute Gasteiger partial charge is 0.456 e. The van der Waals surface area contributed by atoms with Crippen LogP contribution in [-0.4, -0.2) is 74.3 Å². The zero-order valence-corrected chi connectivity index (χ0v) is 53.5. The highest BCUT2D eigenvalue weighted by atomic mass is 31.2. The average molecular weight is 1130 g/mol. The molecule has 0 heterocycles. The van der Waals surface area contributed by atoms with E-state index in [-0.39, 0.29) is 31.5 Å². The summed E-state index contributed by atoms with van der Waals surface area (Å²) >= 11 is 0. The summed E-state index contributed by atoms with van der Waals surface area (Å²) < 4.78 is 30.7. The highest BCUT2D eigenvalue weighted by Gasteiger charge is 2.30. The van der Waals surface area contributed by atoms with E-state index in [0.717, 1.165) is 83.5 Å². The fourth-order valence-electron chi connectivity index (χ4n) is 9.45. The minimum absolute atomic E-state index is 0.0360. The molecule has 0 aromatic rings. The molecule has 0 aromatic carbocycles. The van der Waals surface area contributed by atoms with E-state index in [4.69, 9.17) is 13.8 Å². The number of amides is 1. The van der Waals surface area contributed by atoms with Crippen molar-refractivity contribution in [2.24, 2.45) is 0 Å². The van der Waals surface area contributed by atoms with E-state index in [1.54, 1.807) is 0 Å². The molecule has 10 heteroatoms. The molecule has 1 amide bonds. The first-order chi connectivity index (χ1) is 38.4. The van der Waals surface area contributed by atoms with Crippen LogP contribution < -0.4 is 5.32 Å². The summed E-state index contributed by atoms with van der Waals surface area (Å²) in [7, 11) is 1.49. The van der Waals surface area contributed by atoms with E-state index in [0.29, 0.717) is 23.9 Å². The monoisotopic (exact) mass is 1130 g/mol. The maximum Gasteiger partial charge on any atom is 0.472 e. The Balaban J connectivity index is 5.08. The van der Waals surface area contributed by atoms with Crippen LogP contribution >= 0.6 is 7.82 Å². The molecular weight excluding hydrogens is 1000 g/mol. The average Bonchev–Trinajstić information content (AvgIpc) is 3.41. The number of nitrogens with one attached hydrogen (secondary N) is 1. The molecule has 0 spiro atoms. The van der Waals surface area contributed by atoms with E-state index in [1.165, 1.54) is 180 Å². The molecule has 0 aliphatic rings. The van der Waals surface area contributed by atoms with Gasteiger partial charge in [-0.25, -0.2) is 4.57 Å². The molecule has 0 aliphatic heterocycles. The number of rotatable bonds is 60. The number of nitrogens with zero attached hydrogens (tertiary/aromatic N) is 1. The Bertz CT molecular complexity index is 1580. The number of likely N-dealkylation sites (N-methyl/N-ethyl adjacent to an activating group) is 1. The van der Waals surface area contributed by atoms with Crippen molar-refractivity contribution < 1.29 is 37.3 Å². The molecule has 0 saturated heterocycles. The summed E-state index contributed by atoms with van der Waals surface area (Å²) in [6, 6.07) is -0.858. The van der Waals surface area contributed by atoms with Gasteiger partial charge in [-0.15, -0.1) is 0 Å². The molecule has 0 radical (unpaired) electrons. The molecule has 0 bridgehead atoms. The second kappa shape index (κ2) is 58.6. The van der Waals surface area contributed by atoms with E-state index >= 15 is 0 Å². The van der Waals surface area contributed by atoms with Gasteiger partial charge in [0.1, 0.15) is 19.3 Å². The van der Waals surface area contributed by atoms with Crippen LogP contribution in [0.1, 0.15) is 303 Å². The Labute approximate surface area is 489 Å². The fraction of sp³-hybridized carbons (Fsp3) is 0.797. The van der Waals surface area contributed by atoms with Crippen LogP contribution in [-0.2, 0) is 27.9 Å². The van der Waals surface area contributed by atoms with Crippen LogP contribution in [0.5, 0.6) is 0 Å². The van der Waals surface area contributed by atoms with Gasteiger partial charge in [0.05, 0.1) is 33.8 Å². The molecule has 2 N–H and O–H groups in total. The number of carbonyl (C=O) groups is 2. The SMILES string of the molecule is CCCCC/C=C\C/C=C\C/C=C\C/C=C\CCCCCCCCCCCCCC(=O)NC(COP(=O)(O)OCC[N+](C)(C)C)C(/C=C\CCCCCCCCCCCC)OC(=O)CCCCC/C=C\CCCCCCCCC. The zero-order chi connectivity index (χ0) is 57.9. The highest BCUT2D eigenvalue weighted by Crippen LogP contribution is 2.43. The van der Waals surface area contributed by atoms with Gasteiger partial charge in [0.15, 0.2) is 0 Å². The number of allylic oxidation sites excluding steroid dienone is 11. The van der Waals surface area contributed by atoms with Gasteiger partial charge < -0.3 is 19.4 Å². The first kappa shape index (κ1) is 76.5. The van der Waals surface area contributed by atoms with Crippen LogP contribution in [0.3, 0.4) is 0 Å². The van der Waals surface area contributed by atoms with E-state index < -0.39 is 20.0 Å². The number of hydrogen-bond donors (Lipinski definition) is 2. The van der Waals surface area contributed by atoms with Gasteiger partial charge >= 0.3 is 13.8 Å². The lowest BCUT2D eigenvalue weighted by Crippen LogP contribution is -2.47. The minimum Gasteiger partial charge on any atom is -0.456 e. The zero-order valence-electron chi connectivity index (χ0n) is 52.6. The van der Waals surface area contributed by atoms with Crippen LogP contribution in [0.4, 0.5) is 0 Å². The molecule has 79 heavy (non-hydrogen) atoms. The largest absolute Gasteiger partial charge is 0.472 e. The Morgan fingerprint density at radius 2 is 0.772 bits per heavy atom. The quantitative estimate of drug-likeness (QED) is 0.0205. The Morgan fingerprint density at radius 1 is 0.443 bits per heavy atom. The van der Waals surface area contributed by atoms with E-state index in [2.05, 4.69) is 86.8 Å². The molecule has 0 rings (SSSR count). The minimum atomic E-state index is -4.45. The van der Waals surface area contributed by atoms with Gasteiger partial charge in [0.2, 0.25) is 5.91 Å². The summed E-state index contributed by atoms with van der Waals surface area (Å²) in [4.78, 5) is 37.7. The summed E-state index contributed by atoms with van der Waals surface area (Å²) in [6.45, 7) is 6.98. The van der Waals surface area contributed by atoms with E-state index in [9.17, 15) is 19.0 Å². The molecule has 3 atom stereocenters. The van der Waals surface area contributed by atoms with Crippen LogP contribution in [0.25, 0.3) is 0 Å². The molecule has 9 nitrogen and oxygen atoms in total. The van der Waals surface area contributed by atoms with Crippen molar-refractivity contribution in [3.63, 3.8) is 0 Å². The van der Waals surface area contributed by atoms with Crippen LogP contribution in [0, 0.1) is 0 Å². The normalized spacial score (nSPS) is 14.1. The second-order valence-electron chi connectivity index (χ2n) is 23.6. The third-order valence-electron chi connectivity index (χ3n) is 14.6. The number of hydrogen-bond acceptors (Lipinski definition) is 6. The number of ether oxygens (including phenoxy) is 1. The lowest BCUT2D eigenvalue weighted by Gasteiger charge is -2.27. The molecule has 0 aromatic heterocycles. The van der Waals surface area contributed by atoms with Crippen LogP contribution in [0.2, 0.25) is 0 Å². The topological polar surface area (TPSA) is 111 Å². The lowest BCUT2D eigenvalue weighted by atomic mass is 10.0. The second-order valence-corrected chi connectivity index (χ2v) is 25.1. The van der Waals surface area contributed by atoms with Gasteiger partial charge in [-0.2, -0.15) is 0 Å². The first-order valence-electron chi connectivity index (χ1n) is 33.3. The fourth-order valence-corrected chi connectivity index (χ4v) is 10.2. The van der Waals surface area contributed by atoms with Gasteiger partial charge in [-0.3, -0.25) is 18.6 Å². The Hall–Kier alpha value is -2.55. The van der Waals surface area contributed by atoms with Crippen molar-refractivity contribution in [2.45, 2.75) is 315 Å². The summed E-state index contributed by atoms with van der Waals surface area (Å²) in [5, 5.41) is 3.06. The Morgan fingerprint density at radius 3 is 1.20 bits per heavy atom. The summed E-state index contributed by atoms with van der Waals surface area (Å²) in [5.74, 6) is -0.522. The third-order valence-corrected chi connectivity index (χ3v) is 15.6. The van der Waals surface area contributed by atoms with Crippen molar-refractivity contribution in [3.8, 4) is 0 Å². The van der Waals surface area contributed by atoms with E-state index in [1.807, 2.05) is 33.3 Å². The van der Waals surface area contributed by atoms with Crippen molar-refractivity contribution in [1.82, 2.24) is 5.32 Å². The first-order valence-corrected chi connectivity index (χ1v) is 34.8. The molecule has 3 unspecified atom stereocenters. The standard InChI is InChI=1S/C69H127N2O7P/c1-7-10-13-16-19-22-25-28-30-31-32-33-34-35-36-37-38-39-40-41-42-43-46-49-52-55-58-61-68(72)70-66(65-77-79(74,75)76-64-63-71(4,5)6)67(60-57-54-51-48-45-27-24-21-18-15-12-9-3)78-69(73)62-59-56-53-50-47-44-29-26-23-20-17-14-11-8-2/h19,22,28,30,32-33,35-36,44,47,57,60,66-67H,7-18,20-21,23-27,29,31,34,37-43,45-46,48-56,58-59,61-65H2,1-6H3,(H-,70,72,74,75)/p+1/b22-19-,30-28-,33-32-,36-35-,47-44-,60-57-. The summed E-state index contributed by atoms with van der Waals surface area (Å²) in [5.41, 5.74) is 0. The van der Waals surface area contributed by atoms with Gasteiger partial charge in [-0.05, 0) is 102 Å².